The molecule has 0 atom stereocenters. The smallest absolute Gasteiger partial charge is 0.262 e. The second kappa shape index (κ2) is 6.80. The molecule has 8 heteroatoms. The maximum absolute atomic E-state index is 14.2. The summed E-state index contributed by atoms with van der Waals surface area (Å²) in [4.78, 5) is 18.5. The number of guanidine groups is 1. The molecule has 0 aromatic heterocycles. The Balaban J connectivity index is 0.000000595. The summed E-state index contributed by atoms with van der Waals surface area (Å²) in [6.45, 7) is 2.61. The number of fused-ring (bicyclic) bond motifs is 1. The van der Waals surface area contributed by atoms with Crippen LogP contribution in [0.5, 0.6) is 0 Å². The van der Waals surface area contributed by atoms with Crippen LogP contribution in [0.15, 0.2) is 29.2 Å². The highest BCUT2D eigenvalue weighted by Gasteiger charge is 2.36. The number of benzene rings is 1. The van der Waals surface area contributed by atoms with Crippen molar-refractivity contribution in [3.8, 4) is 0 Å². The van der Waals surface area contributed by atoms with Crippen LogP contribution in [-0.4, -0.2) is 36.8 Å². The summed E-state index contributed by atoms with van der Waals surface area (Å²) in [6.07, 6.45) is 0.860. The van der Waals surface area contributed by atoms with E-state index in [1.54, 1.807) is 13.0 Å². The number of hydrogen-bond donors (Lipinski definition) is 0. The number of halogens is 4. The normalized spacial score (nSPS) is 16.5. The van der Waals surface area contributed by atoms with E-state index in [2.05, 4.69) is 4.99 Å². The molecule has 1 amide bonds. The third kappa shape index (κ3) is 3.20. The molecule has 124 valence electrons. The van der Waals surface area contributed by atoms with E-state index in [0.717, 1.165) is 22.1 Å². The quantitative estimate of drug-likeness (QED) is 0.586. The van der Waals surface area contributed by atoms with Crippen molar-refractivity contribution in [3.05, 3.63) is 41.1 Å². The fourth-order valence-corrected chi connectivity index (χ4v) is 2.34. The van der Waals surface area contributed by atoms with Crippen LogP contribution in [0.4, 0.5) is 23.2 Å². The van der Waals surface area contributed by atoms with Gasteiger partial charge >= 0.3 is 0 Å². The van der Waals surface area contributed by atoms with Crippen molar-refractivity contribution in [2.45, 2.75) is 13.8 Å². The van der Waals surface area contributed by atoms with Crippen molar-refractivity contribution >= 4 is 17.6 Å². The fraction of sp³-hybridized carbons (Fsp3) is 0.333. The maximum atomic E-state index is 14.2. The molecule has 0 fully saturated rings. The third-order valence-corrected chi connectivity index (χ3v) is 3.54. The predicted octanol–water partition coefficient (Wildman–Crippen LogP) is 3.15. The highest BCUT2D eigenvalue weighted by Crippen LogP contribution is 2.29. The van der Waals surface area contributed by atoms with Gasteiger partial charge < -0.3 is 0 Å². The van der Waals surface area contributed by atoms with Crippen molar-refractivity contribution in [3.63, 3.8) is 0 Å². The van der Waals surface area contributed by atoms with Crippen molar-refractivity contribution < 1.29 is 22.4 Å². The summed E-state index contributed by atoms with van der Waals surface area (Å²) in [5.41, 5.74) is 1.75. The molecule has 0 bridgehead atoms. The van der Waals surface area contributed by atoms with E-state index in [1.807, 2.05) is 6.92 Å². The molecule has 1 aromatic rings. The topological polar surface area (TPSA) is 35.9 Å². The Kier molecular flexibility index (Phi) is 5.02. The molecule has 4 nitrogen and oxygen atoms in total. The summed E-state index contributed by atoms with van der Waals surface area (Å²) in [5, 5.41) is 0. The number of anilines is 1. The Bertz CT molecular complexity index is 688. The zero-order valence-corrected chi connectivity index (χ0v) is 12.6. The van der Waals surface area contributed by atoms with Gasteiger partial charge in [-0.15, -0.1) is 0 Å². The number of carbonyl (C=O) groups excluding carboxylic acids is 1. The van der Waals surface area contributed by atoms with Crippen LogP contribution in [0, 0.1) is 19.7 Å². The predicted molar refractivity (Wildman–Crippen MR) is 78.6 cm³/mol. The highest BCUT2D eigenvalue weighted by atomic mass is 19.3. The van der Waals surface area contributed by atoms with Gasteiger partial charge in [0.15, 0.2) is 0 Å². The summed E-state index contributed by atoms with van der Waals surface area (Å²) < 4.78 is 47.1. The largest absolute Gasteiger partial charge is 0.286 e. The van der Waals surface area contributed by atoms with Crippen molar-refractivity contribution in [2.75, 3.05) is 24.9 Å². The van der Waals surface area contributed by atoms with Crippen molar-refractivity contribution in [1.82, 2.24) is 4.90 Å². The van der Waals surface area contributed by atoms with Crippen LogP contribution >= 0.6 is 0 Å². The molecule has 2 aliphatic rings. The Morgan fingerprint density at radius 3 is 2.43 bits per heavy atom. The molecule has 3 rings (SSSR count). The molecule has 0 saturated carbocycles. The number of amides is 1. The van der Waals surface area contributed by atoms with Gasteiger partial charge in [-0.2, -0.15) is 4.39 Å². The zero-order chi connectivity index (χ0) is 17.1. The van der Waals surface area contributed by atoms with Gasteiger partial charge in [-0.05, 0) is 37.1 Å². The van der Waals surface area contributed by atoms with Crippen molar-refractivity contribution in [2.24, 2.45) is 4.99 Å². The van der Waals surface area contributed by atoms with Crippen molar-refractivity contribution in [1.29, 1.82) is 0 Å². The van der Waals surface area contributed by atoms with Crippen LogP contribution < -0.4 is 4.90 Å². The van der Waals surface area contributed by atoms with E-state index >= 15 is 0 Å². The molecular formula is C15H15F4N3O. The van der Waals surface area contributed by atoms with Gasteiger partial charge in [0.25, 0.3) is 5.91 Å². The molecule has 0 saturated heterocycles. The lowest BCUT2D eigenvalue weighted by Gasteiger charge is -2.31. The number of nitrogens with zero attached hydrogens (tertiary/aromatic N) is 3. The number of aryl methyl sites for hydroxylation is 2. The van der Waals surface area contributed by atoms with E-state index in [-0.39, 0.29) is 11.6 Å². The first-order valence-corrected chi connectivity index (χ1v) is 6.82. The van der Waals surface area contributed by atoms with E-state index in [0.29, 0.717) is 13.1 Å². The van der Waals surface area contributed by atoms with Crippen LogP contribution in [0.25, 0.3) is 0 Å². The second-order valence-corrected chi connectivity index (χ2v) is 4.96. The second-order valence-electron chi connectivity index (χ2n) is 4.96. The lowest BCUT2D eigenvalue weighted by atomic mass is 10.1. The molecule has 2 aliphatic heterocycles. The molecule has 23 heavy (non-hydrogen) atoms. The minimum Gasteiger partial charge on any atom is -0.286 e. The van der Waals surface area contributed by atoms with Crippen LogP contribution in [-0.2, 0) is 4.79 Å². The number of aliphatic imine (C=N–C) groups is 1. The standard InChI is InChI=1S/C14H13F2N3O.CH2F2/c1-8-5-10(15)11(6-9(8)2)19-13(20)7-12(16)18-4-3-17-14(18)19;2-1-3/h5-7H,3-4H2,1-2H3;1H2. The van der Waals surface area contributed by atoms with E-state index in [9.17, 15) is 22.4 Å². The van der Waals surface area contributed by atoms with Gasteiger partial charge in [-0.3, -0.25) is 14.7 Å². The fourth-order valence-electron chi connectivity index (χ4n) is 2.34. The summed E-state index contributed by atoms with van der Waals surface area (Å²) in [6, 6.07) is 2.95. The maximum Gasteiger partial charge on any atom is 0.262 e. The lowest BCUT2D eigenvalue weighted by molar-refractivity contribution is -0.113. The molecule has 0 unspecified atom stereocenters. The van der Waals surface area contributed by atoms with E-state index in [4.69, 9.17) is 0 Å². The summed E-state index contributed by atoms with van der Waals surface area (Å²) >= 11 is 0. The Hall–Kier alpha value is -2.38. The van der Waals surface area contributed by atoms with E-state index in [1.165, 1.54) is 11.0 Å². The Morgan fingerprint density at radius 2 is 1.78 bits per heavy atom. The van der Waals surface area contributed by atoms with Gasteiger partial charge in [0.2, 0.25) is 18.8 Å². The molecule has 2 heterocycles. The molecule has 1 aromatic carbocycles. The molecule has 0 aliphatic carbocycles. The first-order valence-electron chi connectivity index (χ1n) is 6.82. The average Bonchev–Trinajstić information content (AvgIpc) is 2.95. The minimum absolute atomic E-state index is 0.104. The number of alkyl halides is 2. The van der Waals surface area contributed by atoms with Gasteiger partial charge in [0, 0.05) is 6.54 Å². The number of hydrogen-bond acceptors (Lipinski definition) is 3. The monoisotopic (exact) mass is 329 g/mol. The summed E-state index contributed by atoms with van der Waals surface area (Å²) in [7, 11) is 0. The first-order chi connectivity index (χ1) is 10.9. The Morgan fingerprint density at radius 1 is 1.17 bits per heavy atom. The molecule has 0 spiro atoms. The number of carbonyl (C=O) groups is 1. The van der Waals surface area contributed by atoms with E-state index < -0.39 is 24.6 Å². The zero-order valence-electron chi connectivity index (χ0n) is 12.6. The number of rotatable bonds is 1. The summed E-state index contributed by atoms with van der Waals surface area (Å²) in [5.74, 6) is -1.64. The van der Waals surface area contributed by atoms with Crippen LogP contribution in [0.1, 0.15) is 11.1 Å². The van der Waals surface area contributed by atoms with Crippen LogP contribution in [0.3, 0.4) is 0 Å². The minimum atomic E-state index is -1.75. The molecule has 0 N–H and O–H groups in total. The SMILES string of the molecule is Cc1cc(F)c(N2C(=O)C=C(F)N3CCN=C32)cc1C.FCF. The Labute approximate surface area is 130 Å². The van der Waals surface area contributed by atoms with Crippen LogP contribution in [0.2, 0.25) is 0 Å². The van der Waals surface area contributed by atoms with Gasteiger partial charge in [0.05, 0.1) is 18.3 Å². The van der Waals surface area contributed by atoms with Gasteiger partial charge in [-0.25, -0.2) is 18.1 Å². The van der Waals surface area contributed by atoms with Gasteiger partial charge in [0.1, 0.15) is 5.82 Å². The average molecular weight is 329 g/mol. The molecular weight excluding hydrogens is 314 g/mol. The molecule has 0 radical (unpaired) electrons. The third-order valence-electron chi connectivity index (χ3n) is 3.54. The lowest BCUT2D eigenvalue weighted by Crippen LogP contribution is -2.48. The highest BCUT2D eigenvalue weighted by molar-refractivity contribution is 6.22. The first kappa shape index (κ1) is 17.0. The van der Waals surface area contributed by atoms with Gasteiger partial charge in [-0.1, -0.05) is 0 Å².